The van der Waals surface area contributed by atoms with Gasteiger partial charge in [-0.05, 0) is 32.0 Å². The molecule has 0 radical (unpaired) electrons. The molecular formula is C30H31FN7O3S2+. The number of nitrogens with zero attached hydrogens (tertiary/aromatic N) is 7. The van der Waals surface area contributed by atoms with E-state index in [0.29, 0.717) is 69.1 Å². The van der Waals surface area contributed by atoms with Gasteiger partial charge < -0.3 is 23.1 Å². The Morgan fingerprint density at radius 2 is 1.88 bits per heavy atom. The number of aromatic nitrogens is 5. The average Bonchev–Trinajstić information content (AvgIpc) is 3.66. The Labute approximate surface area is 255 Å². The van der Waals surface area contributed by atoms with E-state index in [2.05, 4.69) is 34.5 Å². The van der Waals surface area contributed by atoms with Gasteiger partial charge in [-0.3, -0.25) is 4.79 Å². The molecule has 0 bridgehead atoms. The highest BCUT2D eigenvalue weighted by atomic mass is 32.2. The van der Waals surface area contributed by atoms with Gasteiger partial charge in [-0.15, -0.1) is 20.4 Å². The summed E-state index contributed by atoms with van der Waals surface area (Å²) in [6.07, 6.45) is 1.82. The fourth-order valence-electron chi connectivity index (χ4n) is 5.51. The van der Waals surface area contributed by atoms with Crippen LogP contribution in [0.1, 0.15) is 24.4 Å². The maximum absolute atomic E-state index is 15.8. The van der Waals surface area contributed by atoms with Crippen molar-refractivity contribution < 1.29 is 18.0 Å². The van der Waals surface area contributed by atoms with Crippen molar-refractivity contribution in [2.45, 2.75) is 30.0 Å². The highest BCUT2D eigenvalue weighted by Gasteiger charge is 2.33. The lowest BCUT2D eigenvalue weighted by Gasteiger charge is -2.41. The zero-order valence-corrected chi connectivity index (χ0v) is 26.0. The third kappa shape index (κ3) is 5.19. The number of benzene rings is 2. The molecule has 222 valence electrons. The predicted molar refractivity (Wildman–Crippen MR) is 165 cm³/mol. The Kier molecular flexibility index (Phi) is 6.98. The minimum Gasteiger partial charge on any atom is -0.487 e. The van der Waals surface area contributed by atoms with E-state index in [-0.39, 0.29) is 16.9 Å². The van der Waals surface area contributed by atoms with E-state index < -0.39 is 5.82 Å². The van der Waals surface area contributed by atoms with Crippen molar-refractivity contribution in [1.29, 1.82) is 0 Å². The van der Waals surface area contributed by atoms with Crippen LogP contribution in [0, 0.1) is 12.7 Å². The van der Waals surface area contributed by atoms with Crippen molar-refractivity contribution in [2.24, 2.45) is 0 Å². The van der Waals surface area contributed by atoms with Crippen LogP contribution in [0.2, 0.25) is 0 Å². The zero-order valence-electron chi connectivity index (χ0n) is 24.3. The van der Waals surface area contributed by atoms with Crippen LogP contribution < -0.4 is 15.1 Å². The monoisotopic (exact) mass is 620 g/mol. The first-order chi connectivity index (χ1) is 20.7. The molecule has 0 amide bonds. The van der Waals surface area contributed by atoms with Crippen molar-refractivity contribution in [3.63, 3.8) is 0 Å². The van der Waals surface area contributed by atoms with Crippen LogP contribution in [0.25, 0.3) is 32.9 Å². The molecule has 2 aliphatic rings. The van der Waals surface area contributed by atoms with Gasteiger partial charge in [-0.25, -0.2) is 4.39 Å². The normalized spacial score (nSPS) is 17.8. The fourth-order valence-corrected chi connectivity index (χ4v) is 7.21. The Hall–Kier alpha value is -3.81. The molecule has 1 fully saturated rings. The first-order valence-corrected chi connectivity index (χ1v) is 15.9. The maximum Gasteiger partial charge on any atom is 0.247 e. The second-order valence-corrected chi connectivity index (χ2v) is 14.0. The second kappa shape index (κ2) is 10.7. The van der Waals surface area contributed by atoms with Gasteiger partial charge in [0.1, 0.15) is 12.3 Å². The van der Waals surface area contributed by atoms with Crippen molar-refractivity contribution in [3.05, 3.63) is 64.0 Å². The zero-order chi connectivity index (χ0) is 29.9. The van der Waals surface area contributed by atoms with Crippen LogP contribution in [0.4, 0.5) is 10.1 Å². The van der Waals surface area contributed by atoms with Gasteiger partial charge >= 0.3 is 0 Å². The molecule has 2 aromatic carbocycles. The number of hydrogen-bond acceptors (Lipinski definition) is 10. The van der Waals surface area contributed by atoms with Gasteiger partial charge in [0.25, 0.3) is 0 Å². The lowest BCUT2D eigenvalue weighted by molar-refractivity contribution is -0.890. The lowest BCUT2D eigenvalue weighted by atomic mass is 10.1. The molecule has 10 nitrogen and oxygen atoms in total. The number of likely N-dealkylation sites (N-methyl/N-ethyl adjacent to an activating group) is 1. The van der Waals surface area contributed by atoms with E-state index >= 15 is 4.39 Å². The van der Waals surface area contributed by atoms with E-state index in [9.17, 15) is 4.79 Å². The minimum absolute atomic E-state index is 0.0494. The number of anilines is 1. The standard InChI is InChI=1S/C30H31FN7O3S2/c1-17-5-7-19(8-6-17)28-33-32-23(41-28)16-42-30-35-34-29(43-30)21-14-37-18(2)15-40-27-24(37)20(26(21)39)13-22(31)25(27)36-9-11-38(3,4)12-10-36/h5-8,13-14,18H,9-12,15-16H2,1-4H3/q+1/t18-/m0/s1. The van der Waals surface area contributed by atoms with Crippen molar-refractivity contribution in [3.8, 4) is 27.8 Å². The highest BCUT2D eigenvalue weighted by Crippen LogP contribution is 2.43. The van der Waals surface area contributed by atoms with Crippen LogP contribution in [0.5, 0.6) is 5.75 Å². The number of quaternary nitrogens is 1. The predicted octanol–water partition coefficient (Wildman–Crippen LogP) is 5.16. The number of piperazine rings is 1. The second-order valence-electron chi connectivity index (χ2n) is 11.8. The van der Waals surface area contributed by atoms with E-state index in [1.54, 1.807) is 0 Å². The molecule has 43 heavy (non-hydrogen) atoms. The van der Waals surface area contributed by atoms with Crippen molar-refractivity contribution in [2.75, 3.05) is 51.8 Å². The molecule has 7 rings (SSSR count). The molecule has 1 saturated heterocycles. The van der Waals surface area contributed by atoms with Gasteiger partial charge in [-0.2, -0.15) is 0 Å². The molecule has 13 heteroatoms. The molecule has 0 N–H and O–H groups in total. The lowest BCUT2D eigenvalue weighted by Crippen LogP contribution is -2.55. The van der Waals surface area contributed by atoms with E-state index in [0.717, 1.165) is 28.7 Å². The summed E-state index contributed by atoms with van der Waals surface area (Å²) in [5.41, 5.74) is 3.18. The Morgan fingerprint density at radius 1 is 1.12 bits per heavy atom. The third-order valence-electron chi connectivity index (χ3n) is 8.13. The number of pyridine rings is 1. The van der Waals surface area contributed by atoms with Gasteiger partial charge in [0.2, 0.25) is 11.8 Å². The maximum atomic E-state index is 15.8. The SMILES string of the molecule is Cc1ccc(-c2nnc(CSc3nnc(-c4cn5c6c(c(N7CC[N+](C)(C)CC7)c(F)cc6c4=O)OC[C@@H]5C)s3)o2)cc1. The molecule has 0 aliphatic carbocycles. The molecule has 5 heterocycles. The number of rotatable bonds is 6. The summed E-state index contributed by atoms with van der Waals surface area (Å²) in [7, 11) is 4.36. The Balaban J connectivity index is 1.18. The molecule has 3 aromatic heterocycles. The summed E-state index contributed by atoms with van der Waals surface area (Å²) in [5, 5.41) is 17.7. The number of aryl methyl sites for hydroxylation is 1. The van der Waals surface area contributed by atoms with Gasteiger partial charge in [0.15, 0.2) is 26.3 Å². The molecule has 0 unspecified atom stereocenters. The number of hydrogen-bond donors (Lipinski definition) is 0. The molecule has 1 atom stereocenters. The van der Waals surface area contributed by atoms with Crippen molar-refractivity contribution in [1.82, 2.24) is 25.0 Å². The summed E-state index contributed by atoms with van der Waals surface area (Å²) in [6.45, 7) is 7.65. The smallest absolute Gasteiger partial charge is 0.247 e. The first kappa shape index (κ1) is 28.0. The average molecular weight is 621 g/mol. The van der Waals surface area contributed by atoms with Gasteiger partial charge in [0.05, 0.1) is 68.5 Å². The summed E-state index contributed by atoms with van der Waals surface area (Å²) in [4.78, 5) is 15.8. The first-order valence-electron chi connectivity index (χ1n) is 14.1. The molecular weight excluding hydrogens is 590 g/mol. The highest BCUT2D eigenvalue weighted by molar-refractivity contribution is 8.00. The van der Waals surface area contributed by atoms with Gasteiger partial charge in [-0.1, -0.05) is 40.8 Å². The summed E-state index contributed by atoms with van der Waals surface area (Å²) in [5.74, 6) is 1.35. The summed E-state index contributed by atoms with van der Waals surface area (Å²) in [6, 6.07) is 9.20. The fraction of sp³-hybridized carbons (Fsp3) is 0.367. The molecule has 0 spiro atoms. The van der Waals surface area contributed by atoms with Crippen molar-refractivity contribution >= 4 is 39.7 Å². The summed E-state index contributed by atoms with van der Waals surface area (Å²) >= 11 is 2.71. The van der Waals surface area contributed by atoms with E-state index in [1.165, 1.54) is 29.2 Å². The summed E-state index contributed by atoms with van der Waals surface area (Å²) < 4.78 is 31.3. The number of ether oxygens (including phenoxy) is 1. The molecule has 5 aromatic rings. The topological polar surface area (TPSA) is 99.2 Å². The Morgan fingerprint density at radius 3 is 2.65 bits per heavy atom. The molecule has 0 saturated carbocycles. The van der Waals surface area contributed by atoms with Crippen LogP contribution in [0.3, 0.4) is 0 Å². The number of halogens is 1. The van der Waals surface area contributed by atoms with E-state index in [4.69, 9.17) is 9.15 Å². The largest absolute Gasteiger partial charge is 0.487 e. The number of thioether (sulfide) groups is 1. The minimum atomic E-state index is -0.442. The van der Waals surface area contributed by atoms with Crippen LogP contribution in [-0.2, 0) is 5.75 Å². The van der Waals surface area contributed by atoms with Crippen LogP contribution in [0.15, 0.2) is 50.1 Å². The Bertz CT molecular complexity index is 1890. The third-order valence-corrected chi connectivity index (χ3v) is 10.2. The van der Waals surface area contributed by atoms with Gasteiger partial charge in [0, 0.05) is 11.8 Å². The van der Waals surface area contributed by atoms with E-state index in [1.807, 2.05) is 53.8 Å². The van der Waals surface area contributed by atoms with Crippen LogP contribution >= 0.6 is 23.1 Å². The molecule has 2 aliphatic heterocycles. The quantitative estimate of drug-likeness (QED) is 0.188. The van der Waals surface area contributed by atoms with Crippen LogP contribution in [-0.4, -0.2) is 76.3 Å².